The van der Waals surface area contributed by atoms with Gasteiger partial charge in [-0.15, -0.1) is 0 Å². The summed E-state index contributed by atoms with van der Waals surface area (Å²) in [5, 5.41) is 0. The van der Waals surface area contributed by atoms with Crippen molar-refractivity contribution < 1.29 is 9.53 Å². The van der Waals surface area contributed by atoms with E-state index in [-0.39, 0.29) is 0 Å². The highest BCUT2D eigenvalue weighted by Crippen LogP contribution is 2.35. The Balaban J connectivity index is 2.64. The molecule has 1 aromatic heterocycles. The van der Waals surface area contributed by atoms with Crippen molar-refractivity contribution in [3.8, 4) is 11.3 Å². The van der Waals surface area contributed by atoms with Gasteiger partial charge in [0.15, 0.2) is 0 Å². The van der Waals surface area contributed by atoms with E-state index in [2.05, 4.69) is 20.5 Å². The van der Waals surface area contributed by atoms with E-state index in [1.807, 2.05) is 37.3 Å². The first kappa shape index (κ1) is 14.8. The van der Waals surface area contributed by atoms with E-state index in [0.29, 0.717) is 18.7 Å². The van der Waals surface area contributed by atoms with E-state index < -0.39 is 5.91 Å². The average Bonchev–Trinajstić information content (AvgIpc) is 2.68. The van der Waals surface area contributed by atoms with Crippen LogP contribution in [0.4, 0.5) is 0 Å². The van der Waals surface area contributed by atoms with E-state index in [9.17, 15) is 4.79 Å². The van der Waals surface area contributed by atoms with Crippen LogP contribution in [0.2, 0.25) is 0 Å². The molecule has 4 nitrogen and oxygen atoms in total. The molecule has 0 aliphatic rings. The predicted octanol–water partition coefficient (Wildman–Crippen LogP) is 2.97. The molecule has 2 aromatic rings. The van der Waals surface area contributed by atoms with Gasteiger partial charge in [0.25, 0.3) is 5.91 Å². The Bertz CT molecular complexity index is 621. The van der Waals surface area contributed by atoms with Crippen LogP contribution in [-0.4, -0.2) is 24.2 Å². The highest BCUT2D eigenvalue weighted by molar-refractivity contribution is 9.10. The van der Waals surface area contributed by atoms with Crippen LogP contribution < -0.4 is 5.73 Å². The standard InChI is InChI=1S/C15H17BrN2O2/c1-10-12(15(17)19)13(16)14(18(10)8-9-20-2)11-6-4-3-5-7-11/h3-7H,8-9H2,1-2H3,(H2,17,19). The SMILES string of the molecule is COCCn1c(C)c(C(N)=O)c(Br)c1-c1ccccc1. The van der Waals surface area contributed by atoms with Gasteiger partial charge < -0.3 is 15.0 Å². The maximum atomic E-state index is 11.7. The van der Waals surface area contributed by atoms with Crippen LogP contribution in [-0.2, 0) is 11.3 Å². The Kier molecular flexibility index (Phi) is 4.62. The summed E-state index contributed by atoms with van der Waals surface area (Å²) in [4.78, 5) is 11.7. The highest BCUT2D eigenvalue weighted by Gasteiger charge is 2.22. The van der Waals surface area contributed by atoms with Crippen molar-refractivity contribution in [3.63, 3.8) is 0 Å². The maximum absolute atomic E-state index is 11.7. The summed E-state index contributed by atoms with van der Waals surface area (Å²) in [6, 6.07) is 9.91. The molecule has 0 unspecified atom stereocenters. The van der Waals surface area contributed by atoms with Crippen molar-refractivity contribution in [2.75, 3.05) is 13.7 Å². The number of rotatable bonds is 5. The second-order valence-corrected chi connectivity index (χ2v) is 5.29. The molecular formula is C15H17BrN2O2. The van der Waals surface area contributed by atoms with Crippen LogP contribution in [0.3, 0.4) is 0 Å². The normalized spacial score (nSPS) is 10.8. The Morgan fingerprint density at radius 2 is 2.00 bits per heavy atom. The summed E-state index contributed by atoms with van der Waals surface area (Å²) in [6.07, 6.45) is 0. The van der Waals surface area contributed by atoms with Gasteiger partial charge in [-0.25, -0.2) is 0 Å². The van der Waals surface area contributed by atoms with Gasteiger partial charge in [0.1, 0.15) is 0 Å². The number of halogens is 1. The number of carbonyl (C=O) groups is 1. The minimum atomic E-state index is -0.428. The van der Waals surface area contributed by atoms with Crippen LogP contribution in [0.15, 0.2) is 34.8 Å². The fourth-order valence-electron chi connectivity index (χ4n) is 2.33. The molecular weight excluding hydrogens is 320 g/mol. The number of nitrogens with two attached hydrogens (primary N) is 1. The quantitative estimate of drug-likeness (QED) is 0.912. The number of amides is 1. The molecule has 2 N–H and O–H groups in total. The number of primary amides is 1. The number of hydrogen-bond acceptors (Lipinski definition) is 2. The topological polar surface area (TPSA) is 57.2 Å². The lowest BCUT2D eigenvalue weighted by Crippen LogP contribution is -2.13. The third-order valence-electron chi connectivity index (χ3n) is 3.28. The number of methoxy groups -OCH3 is 1. The molecule has 0 atom stereocenters. The summed E-state index contributed by atoms with van der Waals surface area (Å²) in [5.74, 6) is -0.428. The predicted molar refractivity (Wildman–Crippen MR) is 82.7 cm³/mol. The number of carbonyl (C=O) groups excluding carboxylic acids is 1. The molecule has 1 aromatic carbocycles. The Labute approximate surface area is 126 Å². The lowest BCUT2D eigenvalue weighted by Gasteiger charge is -2.11. The first-order valence-electron chi connectivity index (χ1n) is 6.30. The van der Waals surface area contributed by atoms with Gasteiger partial charge in [-0.3, -0.25) is 4.79 Å². The largest absolute Gasteiger partial charge is 0.383 e. The molecule has 0 aliphatic heterocycles. The summed E-state index contributed by atoms with van der Waals surface area (Å²) in [7, 11) is 1.66. The molecule has 0 saturated carbocycles. The van der Waals surface area contributed by atoms with E-state index in [0.717, 1.165) is 21.4 Å². The monoisotopic (exact) mass is 336 g/mol. The van der Waals surface area contributed by atoms with Gasteiger partial charge in [-0.2, -0.15) is 0 Å². The van der Waals surface area contributed by atoms with Gasteiger partial charge in [0, 0.05) is 19.3 Å². The highest BCUT2D eigenvalue weighted by atomic mass is 79.9. The second kappa shape index (κ2) is 6.24. The zero-order chi connectivity index (χ0) is 14.7. The number of ether oxygens (including phenoxy) is 1. The minimum Gasteiger partial charge on any atom is -0.383 e. The lowest BCUT2D eigenvalue weighted by molar-refractivity contribution is 0.0998. The first-order valence-corrected chi connectivity index (χ1v) is 7.10. The fraction of sp³-hybridized carbons (Fsp3) is 0.267. The van der Waals surface area contributed by atoms with E-state index in [4.69, 9.17) is 10.5 Å². The van der Waals surface area contributed by atoms with Crippen molar-refractivity contribution >= 4 is 21.8 Å². The van der Waals surface area contributed by atoms with Crippen molar-refractivity contribution in [1.82, 2.24) is 4.57 Å². The van der Waals surface area contributed by atoms with E-state index in [1.165, 1.54) is 0 Å². The summed E-state index contributed by atoms with van der Waals surface area (Å²) < 4.78 is 7.95. The zero-order valence-corrected chi connectivity index (χ0v) is 13.1. The molecule has 0 aliphatic carbocycles. The van der Waals surface area contributed by atoms with Crippen molar-refractivity contribution in [2.24, 2.45) is 5.73 Å². The third-order valence-corrected chi connectivity index (χ3v) is 4.05. The smallest absolute Gasteiger partial charge is 0.251 e. The number of hydrogen-bond donors (Lipinski definition) is 1. The Morgan fingerprint density at radius 1 is 1.35 bits per heavy atom. The summed E-state index contributed by atoms with van der Waals surface area (Å²) in [5.41, 5.74) is 8.85. The minimum absolute atomic E-state index is 0.428. The zero-order valence-electron chi connectivity index (χ0n) is 11.5. The van der Waals surface area contributed by atoms with Crippen LogP contribution in [0.1, 0.15) is 16.1 Å². The van der Waals surface area contributed by atoms with Gasteiger partial charge in [0.05, 0.1) is 22.3 Å². The summed E-state index contributed by atoms with van der Waals surface area (Å²) in [6.45, 7) is 3.13. The number of aromatic nitrogens is 1. The maximum Gasteiger partial charge on any atom is 0.251 e. The van der Waals surface area contributed by atoms with Gasteiger partial charge >= 0.3 is 0 Å². The van der Waals surface area contributed by atoms with Gasteiger partial charge in [0.2, 0.25) is 0 Å². The van der Waals surface area contributed by atoms with E-state index >= 15 is 0 Å². The molecule has 5 heteroatoms. The summed E-state index contributed by atoms with van der Waals surface area (Å²) >= 11 is 3.52. The molecule has 20 heavy (non-hydrogen) atoms. The fourth-order valence-corrected chi connectivity index (χ4v) is 3.25. The van der Waals surface area contributed by atoms with Crippen molar-refractivity contribution in [2.45, 2.75) is 13.5 Å². The first-order chi connectivity index (χ1) is 9.57. The van der Waals surface area contributed by atoms with Crippen LogP contribution >= 0.6 is 15.9 Å². The molecule has 106 valence electrons. The second-order valence-electron chi connectivity index (χ2n) is 4.50. The molecule has 0 fully saturated rings. The van der Waals surface area contributed by atoms with Gasteiger partial charge in [-0.1, -0.05) is 30.3 Å². The number of benzene rings is 1. The van der Waals surface area contributed by atoms with Crippen LogP contribution in [0.25, 0.3) is 11.3 Å². The average molecular weight is 337 g/mol. The molecule has 2 rings (SSSR count). The molecule has 0 bridgehead atoms. The molecule has 1 amide bonds. The lowest BCUT2D eigenvalue weighted by atomic mass is 10.1. The van der Waals surface area contributed by atoms with Crippen LogP contribution in [0.5, 0.6) is 0 Å². The molecule has 0 spiro atoms. The van der Waals surface area contributed by atoms with Gasteiger partial charge in [-0.05, 0) is 28.4 Å². The molecule has 0 saturated heterocycles. The Hall–Kier alpha value is -1.59. The van der Waals surface area contributed by atoms with E-state index in [1.54, 1.807) is 7.11 Å². The van der Waals surface area contributed by atoms with Crippen molar-refractivity contribution in [3.05, 3.63) is 46.1 Å². The number of nitrogens with zero attached hydrogens (tertiary/aromatic N) is 1. The third kappa shape index (κ3) is 2.64. The van der Waals surface area contributed by atoms with Crippen molar-refractivity contribution in [1.29, 1.82) is 0 Å². The molecule has 0 radical (unpaired) electrons. The molecule has 1 heterocycles. The Morgan fingerprint density at radius 3 is 2.55 bits per heavy atom. The van der Waals surface area contributed by atoms with Crippen LogP contribution in [0, 0.1) is 6.92 Å².